The summed E-state index contributed by atoms with van der Waals surface area (Å²) in [6, 6.07) is -0.0390. The quantitative estimate of drug-likeness (QED) is 0.835. The maximum absolute atomic E-state index is 12.1. The van der Waals surface area contributed by atoms with Crippen LogP contribution < -0.4 is 0 Å². The van der Waals surface area contributed by atoms with E-state index in [0.717, 1.165) is 0 Å². The molecule has 0 saturated heterocycles. The third kappa shape index (κ3) is 7.70. The molecule has 0 atom stereocenters. The number of nitrogens with zero attached hydrogens (tertiary/aromatic N) is 1. The summed E-state index contributed by atoms with van der Waals surface area (Å²) in [5.74, 6) is -0.863. The van der Waals surface area contributed by atoms with Gasteiger partial charge in [0, 0.05) is 12.6 Å². The zero-order chi connectivity index (χ0) is 15.4. The van der Waals surface area contributed by atoms with Gasteiger partial charge in [-0.15, -0.1) is 0 Å². The van der Waals surface area contributed by atoms with E-state index in [4.69, 9.17) is 9.84 Å². The van der Waals surface area contributed by atoms with Crippen molar-refractivity contribution in [3.05, 3.63) is 0 Å². The first kappa shape index (κ1) is 17.7. The first-order valence-corrected chi connectivity index (χ1v) is 6.55. The molecule has 0 aromatic carbocycles. The molecule has 0 rings (SSSR count). The molecule has 19 heavy (non-hydrogen) atoms. The molecule has 0 saturated carbocycles. The molecular formula is C14H27NO4. The SMILES string of the molecule is CC(C)N(CC(C)(C)CC(=O)O)C(=O)OC(C)(C)C. The molecule has 0 spiro atoms. The van der Waals surface area contributed by atoms with Crippen LogP contribution >= 0.6 is 0 Å². The molecule has 0 aliphatic heterocycles. The lowest BCUT2D eigenvalue weighted by molar-refractivity contribution is -0.139. The standard InChI is InChI=1S/C14H27NO4/c1-10(2)15(12(18)19-13(3,4)5)9-14(6,7)8-11(16)17/h10H,8-9H2,1-7H3,(H,16,17). The second kappa shape index (κ2) is 6.26. The Morgan fingerprint density at radius 2 is 1.63 bits per heavy atom. The van der Waals surface area contributed by atoms with Gasteiger partial charge < -0.3 is 14.7 Å². The molecule has 0 aromatic rings. The minimum absolute atomic E-state index is 0.0129. The van der Waals surface area contributed by atoms with E-state index in [9.17, 15) is 9.59 Å². The number of carboxylic acids is 1. The highest BCUT2D eigenvalue weighted by molar-refractivity contribution is 5.69. The van der Waals surface area contributed by atoms with Crippen molar-refractivity contribution in [2.45, 2.75) is 66.5 Å². The molecule has 0 aliphatic carbocycles. The highest BCUT2D eigenvalue weighted by Gasteiger charge is 2.31. The molecular weight excluding hydrogens is 246 g/mol. The third-order valence-corrected chi connectivity index (χ3v) is 2.48. The van der Waals surface area contributed by atoms with Crippen molar-refractivity contribution in [2.24, 2.45) is 5.41 Å². The number of aliphatic carboxylic acids is 1. The second-order valence-electron chi connectivity index (χ2n) is 6.94. The third-order valence-electron chi connectivity index (χ3n) is 2.48. The maximum atomic E-state index is 12.1. The predicted molar refractivity (Wildman–Crippen MR) is 74.1 cm³/mol. The van der Waals surface area contributed by atoms with Crippen LogP contribution in [0.4, 0.5) is 4.79 Å². The Hall–Kier alpha value is -1.26. The van der Waals surface area contributed by atoms with Crippen molar-refractivity contribution in [3.63, 3.8) is 0 Å². The number of ether oxygens (including phenoxy) is 1. The van der Waals surface area contributed by atoms with Crippen molar-refractivity contribution in [3.8, 4) is 0 Å². The van der Waals surface area contributed by atoms with Crippen molar-refractivity contribution in [1.29, 1.82) is 0 Å². The second-order valence-corrected chi connectivity index (χ2v) is 6.94. The molecule has 0 bridgehead atoms. The van der Waals surface area contributed by atoms with E-state index in [-0.39, 0.29) is 12.5 Å². The predicted octanol–water partition coefficient (Wildman–Crippen LogP) is 3.13. The van der Waals surface area contributed by atoms with Crippen LogP contribution in [0.2, 0.25) is 0 Å². The van der Waals surface area contributed by atoms with Crippen molar-refractivity contribution >= 4 is 12.1 Å². The highest BCUT2D eigenvalue weighted by Crippen LogP contribution is 2.24. The van der Waals surface area contributed by atoms with Crippen molar-refractivity contribution in [1.82, 2.24) is 4.90 Å². The molecule has 1 N–H and O–H groups in total. The molecule has 112 valence electrons. The number of hydrogen-bond donors (Lipinski definition) is 1. The zero-order valence-corrected chi connectivity index (χ0v) is 13.1. The normalized spacial score (nSPS) is 12.4. The molecule has 0 aromatic heterocycles. The lowest BCUT2D eigenvalue weighted by Crippen LogP contribution is -2.46. The van der Waals surface area contributed by atoms with Crippen LogP contribution in [0, 0.1) is 5.41 Å². The van der Waals surface area contributed by atoms with Crippen LogP contribution in [0.1, 0.15) is 54.9 Å². The summed E-state index contributed by atoms with van der Waals surface area (Å²) in [6.07, 6.45) is -0.389. The minimum atomic E-state index is -0.863. The van der Waals surface area contributed by atoms with Gasteiger partial charge in [0.25, 0.3) is 0 Å². The van der Waals surface area contributed by atoms with E-state index in [1.165, 1.54) is 0 Å². The van der Waals surface area contributed by atoms with Crippen LogP contribution in [0.3, 0.4) is 0 Å². The fourth-order valence-electron chi connectivity index (χ4n) is 1.70. The van der Waals surface area contributed by atoms with Crippen LogP contribution in [-0.4, -0.2) is 40.3 Å². The summed E-state index contributed by atoms with van der Waals surface area (Å²) < 4.78 is 5.35. The number of carbonyl (C=O) groups is 2. The van der Waals surface area contributed by atoms with Crippen LogP contribution in [0.25, 0.3) is 0 Å². The van der Waals surface area contributed by atoms with Gasteiger partial charge in [-0.3, -0.25) is 4.79 Å². The van der Waals surface area contributed by atoms with Gasteiger partial charge >= 0.3 is 12.1 Å². The van der Waals surface area contributed by atoms with E-state index < -0.39 is 23.1 Å². The van der Waals surface area contributed by atoms with Gasteiger partial charge in [-0.25, -0.2) is 4.79 Å². The topological polar surface area (TPSA) is 66.8 Å². The number of carbonyl (C=O) groups excluding carboxylic acids is 1. The molecule has 0 radical (unpaired) electrons. The van der Waals surface area contributed by atoms with Gasteiger partial charge in [0.1, 0.15) is 5.60 Å². The lowest BCUT2D eigenvalue weighted by Gasteiger charge is -2.35. The lowest BCUT2D eigenvalue weighted by atomic mass is 9.88. The monoisotopic (exact) mass is 273 g/mol. The highest BCUT2D eigenvalue weighted by atomic mass is 16.6. The van der Waals surface area contributed by atoms with Gasteiger partial charge in [0.2, 0.25) is 0 Å². The van der Waals surface area contributed by atoms with E-state index in [1.54, 1.807) is 4.90 Å². The number of amides is 1. The Kier molecular flexibility index (Phi) is 5.84. The van der Waals surface area contributed by atoms with Gasteiger partial charge in [0.05, 0.1) is 6.42 Å². The van der Waals surface area contributed by atoms with Crippen molar-refractivity contribution < 1.29 is 19.4 Å². The van der Waals surface area contributed by atoms with E-state index in [2.05, 4.69) is 0 Å². The summed E-state index contributed by atoms with van der Waals surface area (Å²) in [5, 5.41) is 8.89. The minimum Gasteiger partial charge on any atom is -0.481 e. The van der Waals surface area contributed by atoms with Crippen LogP contribution in [0.15, 0.2) is 0 Å². The maximum Gasteiger partial charge on any atom is 0.410 e. The number of carboxylic acid groups (broad SMARTS) is 1. The molecule has 5 heteroatoms. The van der Waals surface area contributed by atoms with Gasteiger partial charge in [-0.05, 0) is 40.0 Å². The smallest absolute Gasteiger partial charge is 0.410 e. The molecule has 0 heterocycles. The largest absolute Gasteiger partial charge is 0.481 e. The molecule has 5 nitrogen and oxygen atoms in total. The van der Waals surface area contributed by atoms with Gasteiger partial charge in [-0.1, -0.05) is 13.8 Å². The molecule has 0 aliphatic rings. The van der Waals surface area contributed by atoms with Gasteiger partial charge in [0.15, 0.2) is 0 Å². The average Bonchev–Trinajstić information content (AvgIpc) is 2.08. The average molecular weight is 273 g/mol. The molecule has 0 unspecified atom stereocenters. The fourth-order valence-corrected chi connectivity index (χ4v) is 1.70. The summed E-state index contributed by atoms with van der Waals surface area (Å²) in [6.45, 7) is 13.2. The first-order chi connectivity index (χ1) is 8.34. The Bertz CT molecular complexity index is 329. The Labute approximate surface area is 115 Å². The van der Waals surface area contributed by atoms with E-state index in [1.807, 2.05) is 48.5 Å². The Balaban J connectivity index is 4.84. The Morgan fingerprint density at radius 1 is 1.16 bits per heavy atom. The summed E-state index contributed by atoms with van der Waals surface area (Å²) in [4.78, 5) is 24.5. The zero-order valence-electron chi connectivity index (χ0n) is 13.1. The van der Waals surface area contributed by atoms with Gasteiger partial charge in [-0.2, -0.15) is 0 Å². The number of hydrogen-bond acceptors (Lipinski definition) is 3. The Morgan fingerprint density at radius 3 is 1.95 bits per heavy atom. The molecule has 1 amide bonds. The summed E-state index contributed by atoms with van der Waals surface area (Å²) >= 11 is 0. The summed E-state index contributed by atoms with van der Waals surface area (Å²) in [7, 11) is 0. The summed E-state index contributed by atoms with van der Waals surface area (Å²) in [5.41, 5.74) is -1.05. The van der Waals surface area contributed by atoms with E-state index >= 15 is 0 Å². The van der Waals surface area contributed by atoms with Crippen LogP contribution in [-0.2, 0) is 9.53 Å². The first-order valence-electron chi connectivity index (χ1n) is 6.55. The van der Waals surface area contributed by atoms with Crippen LogP contribution in [0.5, 0.6) is 0 Å². The fraction of sp³-hybridized carbons (Fsp3) is 0.857. The molecule has 0 fully saturated rings. The van der Waals surface area contributed by atoms with Crippen molar-refractivity contribution in [2.75, 3.05) is 6.54 Å². The number of rotatable bonds is 5. The van der Waals surface area contributed by atoms with E-state index in [0.29, 0.717) is 6.54 Å².